The van der Waals surface area contributed by atoms with Gasteiger partial charge in [-0.25, -0.2) is 4.98 Å². The third-order valence-corrected chi connectivity index (χ3v) is 9.12. The quantitative estimate of drug-likeness (QED) is 0.400. The molecule has 5 rings (SSSR count). The summed E-state index contributed by atoms with van der Waals surface area (Å²) >= 11 is 7.13. The predicted octanol–water partition coefficient (Wildman–Crippen LogP) is 5.08. The van der Waals surface area contributed by atoms with Crippen molar-refractivity contribution in [3.63, 3.8) is 0 Å². The van der Waals surface area contributed by atoms with Crippen LogP contribution in [0.2, 0.25) is 4.34 Å². The van der Waals surface area contributed by atoms with Crippen LogP contribution in [0.4, 0.5) is 5.13 Å². The molecule has 0 bridgehead atoms. The summed E-state index contributed by atoms with van der Waals surface area (Å²) in [4.78, 5) is 29.4. The van der Waals surface area contributed by atoms with E-state index in [0.717, 1.165) is 47.5 Å². The van der Waals surface area contributed by atoms with Crippen molar-refractivity contribution in [1.29, 1.82) is 0 Å². The van der Waals surface area contributed by atoms with Crippen molar-refractivity contribution in [2.24, 2.45) is 0 Å². The molecule has 3 unspecified atom stereocenters. The third-order valence-electron chi connectivity index (χ3n) is 6.06. The Kier molecular flexibility index (Phi) is 7.02. The fourth-order valence-electron chi connectivity index (χ4n) is 4.18. The zero-order chi connectivity index (χ0) is 24.5. The summed E-state index contributed by atoms with van der Waals surface area (Å²) in [5.41, 5.74) is 3.11. The molecule has 10 heteroatoms. The van der Waals surface area contributed by atoms with Crippen molar-refractivity contribution in [2.75, 3.05) is 5.32 Å². The van der Waals surface area contributed by atoms with Crippen molar-refractivity contribution in [3.05, 3.63) is 75.3 Å². The first-order valence-electron chi connectivity index (χ1n) is 11.3. The number of nitrogens with zero attached hydrogens (tertiary/aromatic N) is 1. The Bertz CT molecular complexity index is 1290. The first kappa shape index (κ1) is 24.1. The number of aromatic nitrogens is 1. The summed E-state index contributed by atoms with van der Waals surface area (Å²) in [6.07, 6.45) is 2.07. The number of fused-ring (bicyclic) bond motifs is 1. The van der Waals surface area contributed by atoms with Crippen LogP contribution >= 0.6 is 22.9 Å². The number of nitrogens with one attached hydrogen (secondary N) is 1. The van der Waals surface area contributed by atoms with Crippen LogP contribution in [0.25, 0.3) is 0 Å². The number of ether oxygens (including phenoxy) is 1. The van der Waals surface area contributed by atoms with Crippen LogP contribution in [0.15, 0.2) is 53.4 Å². The van der Waals surface area contributed by atoms with Gasteiger partial charge in [0, 0.05) is 10.1 Å². The summed E-state index contributed by atoms with van der Waals surface area (Å²) in [6, 6.07) is 15.2. The lowest BCUT2D eigenvalue weighted by Gasteiger charge is -2.22. The van der Waals surface area contributed by atoms with E-state index in [9.17, 15) is 13.8 Å². The van der Waals surface area contributed by atoms with Gasteiger partial charge in [-0.2, -0.15) is 0 Å². The maximum absolute atomic E-state index is 13.4. The number of amides is 1. The van der Waals surface area contributed by atoms with Gasteiger partial charge in [-0.05, 0) is 54.5 Å². The molecule has 1 aromatic heterocycles. The molecule has 3 aromatic rings. The van der Waals surface area contributed by atoms with E-state index in [1.165, 1.54) is 5.56 Å². The number of halogens is 1. The summed E-state index contributed by atoms with van der Waals surface area (Å²) in [6.45, 7) is 0. The molecule has 0 aliphatic heterocycles. The average Bonchev–Trinajstić information content (AvgIpc) is 3.53. The van der Waals surface area contributed by atoms with Crippen LogP contribution < -0.4 is 5.32 Å². The van der Waals surface area contributed by atoms with Gasteiger partial charge in [-0.15, -0.1) is 0 Å². The van der Waals surface area contributed by atoms with Gasteiger partial charge < -0.3 is 9.84 Å². The van der Waals surface area contributed by atoms with E-state index in [0.29, 0.717) is 5.56 Å². The molecule has 2 aliphatic carbocycles. The smallest absolute Gasteiger partial charge is 0.309 e. The molecule has 0 spiro atoms. The lowest BCUT2D eigenvalue weighted by atomic mass is 10.1. The van der Waals surface area contributed by atoms with Crippen LogP contribution in [0.5, 0.6) is 0 Å². The van der Waals surface area contributed by atoms with E-state index >= 15 is 0 Å². The molecule has 35 heavy (non-hydrogen) atoms. The van der Waals surface area contributed by atoms with Gasteiger partial charge in [0.25, 0.3) is 5.91 Å². The standard InChI is InChI=1S/C25H23ClN2O5S2/c26-23-19(13-21(29)30)27-25(34-23)28-24(31)22(33-20-12-7-14-3-1-2-4-18(14)20)15-5-8-16(9-6-15)35(32)17-10-11-17/h1-6,8-9,17,20,22H,7,10-13H2,(H,29,30)(H,27,28,31). The van der Waals surface area contributed by atoms with Crippen LogP contribution in [-0.2, 0) is 38.0 Å². The maximum atomic E-state index is 13.4. The Morgan fingerprint density at radius 3 is 2.63 bits per heavy atom. The summed E-state index contributed by atoms with van der Waals surface area (Å²) in [7, 11) is -1.04. The minimum absolute atomic E-state index is 0.202. The molecule has 2 aromatic carbocycles. The highest BCUT2D eigenvalue weighted by molar-refractivity contribution is 7.86. The SMILES string of the molecule is O=C(O)Cc1nc(NC(=O)C(OC2CCc3ccccc32)c2ccc(S(=O)C3CC3)cc2)sc1Cl. The molecule has 1 saturated carbocycles. The van der Waals surface area contributed by atoms with E-state index in [-0.39, 0.29) is 32.9 Å². The van der Waals surface area contributed by atoms with E-state index in [1.807, 2.05) is 18.2 Å². The molecule has 0 saturated heterocycles. The topological polar surface area (TPSA) is 106 Å². The number of carboxylic acids is 1. The Balaban J connectivity index is 1.40. The number of carboxylic acid groups (broad SMARTS) is 1. The van der Waals surface area contributed by atoms with Crippen LogP contribution in [-0.4, -0.2) is 31.4 Å². The highest BCUT2D eigenvalue weighted by Gasteiger charge is 2.32. The van der Waals surface area contributed by atoms with Crippen molar-refractivity contribution < 1.29 is 23.6 Å². The number of aryl methyl sites for hydroxylation is 1. The van der Waals surface area contributed by atoms with Gasteiger partial charge in [0.1, 0.15) is 4.34 Å². The summed E-state index contributed by atoms with van der Waals surface area (Å²) < 4.78 is 19.1. The number of anilines is 1. The molecule has 1 amide bonds. The minimum atomic E-state index is -1.06. The van der Waals surface area contributed by atoms with Gasteiger partial charge in [-0.3, -0.25) is 19.1 Å². The molecule has 182 valence electrons. The number of carbonyl (C=O) groups excluding carboxylic acids is 1. The number of aliphatic carboxylic acids is 1. The Hall–Kier alpha value is -2.59. The van der Waals surface area contributed by atoms with Crippen molar-refractivity contribution >= 4 is 50.7 Å². The van der Waals surface area contributed by atoms with Crippen LogP contribution in [0.1, 0.15) is 53.9 Å². The lowest BCUT2D eigenvalue weighted by molar-refractivity contribution is -0.136. The first-order valence-corrected chi connectivity index (χ1v) is 13.7. The Morgan fingerprint density at radius 2 is 1.91 bits per heavy atom. The first-order chi connectivity index (χ1) is 16.9. The van der Waals surface area contributed by atoms with Crippen LogP contribution in [0.3, 0.4) is 0 Å². The average molecular weight is 531 g/mol. The fraction of sp³-hybridized carbons (Fsp3) is 0.320. The molecule has 2 N–H and O–H groups in total. The lowest BCUT2D eigenvalue weighted by Crippen LogP contribution is -2.25. The second-order valence-electron chi connectivity index (χ2n) is 8.61. The Labute approximate surface area is 214 Å². The second-order valence-corrected chi connectivity index (χ2v) is 11.9. The zero-order valence-electron chi connectivity index (χ0n) is 18.6. The molecule has 3 atom stereocenters. The molecule has 0 radical (unpaired) electrons. The van der Waals surface area contributed by atoms with Crippen LogP contribution in [0, 0.1) is 0 Å². The van der Waals surface area contributed by atoms with Gasteiger partial charge in [-0.1, -0.05) is 59.3 Å². The van der Waals surface area contributed by atoms with Crippen molar-refractivity contribution in [1.82, 2.24) is 4.98 Å². The monoisotopic (exact) mass is 530 g/mol. The number of thiazole rings is 1. The van der Waals surface area contributed by atoms with Crippen molar-refractivity contribution in [2.45, 2.75) is 54.5 Å². The normalized spacial score (nSPS) is 18.6. The molecule has 7 nitrogen and oxygen atoms in total. The van der Waals surface area contributed by atoms with Gasteiger partial charge in [0.15, 0.2) is 11.2 Å². The van der Waals surface area contributed by atoms with E-state index < -0.39 is 28.8 Å². The summed E-state index contributed by atoms with van der Waals surface area (Å²) in [5, 5.41) is 12.2. The van der Waals surface area contributed by atoms with E-state index in [2.05, 4.69) is 16.4 Å². The van der Waals surface area contributed by atoms with Gasteiger partial charge in [0.2, 0.25) is 0 Å². The van der Waals surface area contributed by atoms with Gasteiger partial charge in [0.05, 0.1) is 29.0 Å². The highest BCUT2D eigenvalue weighted by Crippen LogP contribution is 2.39. The number of hydrogen-bond donors (Lipinski definition) is 2. The largest absolute Gasteiger partial charge is 0.481 e. The fourth-order valence-corrected chi connectivity index (χ4v) is 6.57. The second kappa shape index (κ2) is 10.2. The Morgan fingerprint density at radius 1 is 1.17 bits per heavy atom. The van der Waals surface area contributed by atoms with Crippen molar-refractivity contribution in [3.8, 4) is 0 Å². The molecule has 1 fully saturated rings. The molecule has 1 heterocycles. The van der Waals surface area contributed by atoms with Gasteiger partial charge >= 0.3 is 5.97 Å². The minimum Gasteiger partial charge on any atom is -0.481 e. The zero-order valence-corrected chi connectivity index (χ0v) is 21.0. The maximum Gasteiger partial charge on any atom is 0.309 e. The highest BCUT2D eigenvalue weighted by atomic mass is 35.5. The third kappa shape index (κ3) is 5.48. The number of benzene rings is 2. The number of carbonyl (C=O) groups is 2. The predicted molar refractivity (Wildman–Crippen MR) is 134 cm³/mol. The molecular formula is C25H23ClN2O5S2. The van der Waals surface area contributed by atoms with E-state index in [1.54, 1.807) is 24.3 Å². The number of rotatable bonds is 9. The summed E-state index contributed by atoms with van der Waals surface area (Å²) in [5.74, 6) is -1.49. The van der Waals surface area contributed by atoms with E-state index in [4.69, 9.17) is 21.4 Å². The molecule has 2 aliphatic rings. The number of hydrogen-bond acceptors (Lipinski definition) is 6. The molecular weight excluding hydrogens is 508 g/mol.